The van der Waals surface area contributed by atoms with Crippen molar-refractivity contribution in [2.75, 3.05) is 12.5 Å². The molecule has 0 unspecified atom stereocenters. The normalized spacial score (nSPS) is 6.90. The van der Waals surface area contributed by atoms with Crippen molar-refractivity contribution in [3.8, 4) is 0 Å². The van der Waals surface area contributed by atoms with Gasteiger partial charge in [-0.3, -0.25) is 0 Å². The Bertz CT molecular complexity index is 155. The van der Waals surface area contributed by atoms with Gasteiger partial charge >= 0.3 is 0 Å². The summed E-state index contributed by atoms with van der Waals surface area (Å²) in [5.41, 5.74) is 2.94. The highest BCUT2D eigenvalue weighted by molar-refractivity contribution is 5.85. The second kappa shape index (κ2) is 6.65. The van der Waals surface area contributed by atoms with Gasteiger partial charge in [0.15, 0.2) is 12.4 Å². The van der Waals surface area contributed by atoms with E-state index < -0.39 is 0 Å². The summed E-state index contributed by atoms with van der Waals surface area (Å²) in [5, 5.41) is 0. The number of nitrogens with zero attached hydrogens (tertiary/aromatic N) is 1. The van der Waals surface area contributed by atoms with Crippen LogP contribution in [0.5, 0.6) is 0 Å². The van der Waals surface area contributed by atoms with Gasteiger partial charge in [-0.1, -0.05) is 10.7 Å². The highest BCUT2D eigenvalue weighted by atomic mass is 35.5. The molecule has 0 saturated carbocycles. The van der Waals surface area contributed by atoms with E-state index in [-0.39, 0.29) is 24.8 Å². The molecule has 1 rings (SSSR count). The Balaban J connectivity index is 0. The number of hydrogen-bond acceptors (Lipinski definition) is 1. The molecule has 1 N–H and O–H groups in total. The van der Waals surface area contributed by atoms with Crippen LogP contribution < -0.4 is 22.5 Å². The highest BCUT2D eigenvalue weighted by Gasteiger charge is 1.85. The van der Waals surface area contributed by atoms with Crippen molar-refractivity contribution in [3.05, 3.63) is 30.6 Å². The molecule has 0 aliphatic carbocycles. The quantitative estimate of drug-likeness (QED) is 0.476. The fourth-order valence-corrected chi connectivity index (χ4v) is 0.548. The summed E-state index contributed by atoms with van der Waals surface area (Å²) in [6.07, 6.45) is 3.89. The van der Waals surface area contributed by atoms with Crippen LogP contribution >= 0.6 is 12.4 Å². The van der Waals surface area contributed by atoms with E-state index >= 15 is 0 Å². The highest BCUT2D eigenvalue weighted by Crippen LogP contribution is 1.72. The Morgan fingerprint density at radius 3 is 1.90 bits per heavy atom. The fourth-order valence-electron chi connectivity index (χ4n) is 0.548. The minimum Gasteiger partial charge on any atom is -1.00 e. The number of halogens is 2. The fraction of sp³-hybridized carbons (Fsp3) is 0.167. The largest absolute Gasteiger partial charge is 1.00 e. The van der Waals surface area contributed by atoms with Gasteiger partial charge in [-0.25, -0.2) is 0 Å². The maximum atomic E-state index is 2.94. The molecule has 0 saturated heterocycles. The monoisotopic (exact) mass is 180 g/mol. The second-order valence-electron chi connectivity index (χ2n) is 1.51. The average molecular weight is 181 g/mol. The Kier molecular flexibility index (Phi) is 8.13. The standard InChI is InChI=1S/C6H9N2.2ClH/c1-7-8-5-3-2-4-6-8;;/h2-7H,1H3;2*1H/q+1;;/p-1. The van der Waals surface area contributed by atoms with E-state index in [1.54, 1.807) is 0 Å². The Morgan fingerprint density at radius 1 is 1.10 bits per heavy atom. The van der Waals surface area contributed by atoms with E-state index in [1.807, 2.05) is 42.3 Å². The van der Waals surface area contributed by atoms with E-state index in [2.05, 4.69) is 5.43 Å². The molecular weight excluding hydrogens is 171 g/mol. The molecule has 0 amide bonds. The molecule has 0 bridgehead atoms. The van der Waals surface area contributed by atoms with Gasteiger partial charge in [0, 0.05) is 12.1 Å². The first kappa shape index (κ1) is 12.2. The third-order valence-corrected chi connectivity index (χ3v) is 0.974. The van der Waals surface area contributed by atoms with Crippen molar-refractivity contribution in [2.45, 2.75) is 0 Å². The zero-order valence-electron chi connectivity index (χ0n) is 5.62. The van der Waals surface area contributed by atoms with Crippen LogP contribution in [0.2, 0.25) is 0 Å². The number of pyridine rings is 1. The van der Waals surface area contributed by atoms with E-state index in [4.69, 9.17) is 0 Å². The Morgan fingerprint density at radius 2 is 1.60 bits per heavy atom. The van der Waals surface area contributed by atoms with Crippen molar-refractivity contribution >= 4 is 12.4 Å². The molecule has 0 aromatic carbocycles. The van der Waals surface area contributed by atoms with Crippen molar-refractivity contribution in [2.24, 2.45) is 0 Å². The Labute approximate surface area is 73.1 Å². The van der Waals surface area contributed by atoms with Crippen LogP contribution in [-0.2, 0) is 0 Å². The maximum Gasteiger partial charge on any atom is 0.199 e. The maximum absolute atomic E-state index is 2.94. The molecule has 0 atom stereocenters. The van der Waals surface area contributed by atoms with Crippen LogP contribution in [0.1, 0.15) is 0 Å². The molecule has 58 valence electrons. The summed E-state index contributed by atoms with van der Waals surface area (Å²) in [4.78, 5) is 0. The molecule has 0 aliphatic rings. The van der Waals surface area contributed by atoms with Crippen LogP contribution in [-0.4, -0.2) is 7.05 Å². The van der Waals surface area contributed by atoms with Crippen molar-refractivity contribution in [1.29, 1.82) is 0 Å². The second-order valence-corrected chi connectivity index (χ2v) is 1.51. The predicted octanol–water partition coefficient (Wildman–Crippen LogP) is -2.43. The van der Waals surface area contributed by atoms with Crippen molar-refractivity contribution in [1.82, 2.24) is 0 Å². The first-order valence-corrected chi connectivity index (χ1v) is 2.57. The summed E-state index contributed by atoms with van der Waals surface area (Å²) in [5.74, 6) is 0. The van der Waals surface area contributed by atoms with E-state index in [0.29, 0.717) is 0 Å². The molecule has 2 nitrogen and oxygen atoms in total. The number of nitrogens with one attached hydrogen (secondary N) is 1. The van der Waals surface area contributed by atoms with Gasteiger partial charge in [-0.15, -0.1) is 12.4 Å². The van der Waals surface area contributed by atoms with E-state index in [0.717, 1.165) is 0 Å². The molecular formula is C6H10Cl2N2. The van der Waals surface area contributed by atoms with Crippen LogP contribution in [0, 0.1) is 0 Å². The van der Waals surface area contributed by atoms with Crippen LogP contribution in [0.25, 0.3) is 0 Å². The lowest BCUT2D eigenvalue weighted by atomic mass is 10.5. The third-order valence-electron chi connectivity index (χ3n) is 0.974. The zero-order valence-corrected chi connectivity index (χ0v) is 7.19. The van der Waals surface area contributed by atoms with E-state index in [1.165, 1.54) is 0 Å². The zero-order chi connectivity index (χ0) is 5.82. The van der Waals surface area contributed by atoms with Gasteiger partial charge in [-0.05, 0) is 0 Å². The third kappa shape index (κ3) is 3.54. The lowest BCUT2D eigenvalue weighted by Crippen LogP contribution is -3.00. The van der Waals surface area contributed by atoms with E-state index in [9.17, 15) is 0 Å². The van der Waals surface area contributed by atoms with Gasteiger partial charge in [0.25, 0.3) is 0 Å². The van der Waals surface area contributed by atoms with Gasteiger partial charge in [0.05, 0.1) is 7.05 Å². The molecule has 1 heterocycles. The minimum absolute atomic E-state index is 0. The molecule has 10 heavy (non-hydrogen) atoms. The summed E-state index contributed by atoms with van der Waals surface area (Å²) in [6, 6.07) is 5.92. The summed E-state index contributed by atoms with van der Waals surface area (Å²) >= 11 is 0. The summed E-state index contributed by atoms with van der Waals surface area (Å²) in [7, 11) is 1.88. The van der Waals surface area contributed by atoms with Crippen LogP contribution in [0.3, 0.4) is 0 Å². The summed E-state index contributed by atoms with van der Waals surface area (Å²) < 4.78 is 1.88. The smallest absolute Gasteiger partial charge is 0.199 e. The van der Waals surface area contributed by atoms with Crippen LogP contribution in [0.15, 0.2) is 30.6 Å². The molecule has 0 aliphatic heterocycles. The lowest BCUT2D eigenvalue weighted by molar-refractivity contribution is -0.647. The lowest BCUT2D eigenvalue weighted by Gasteiger charge is -1.86. The van der Waals surface area contributed by atoms with Gasteiger partial charge < -0.3 is 12.4 Å². The topological polar surface area (TPSA) is 15.9 Å². The number of aromatic nitrogens is 1. The molecule has 0 radical (unpaired) electrons. The predicted molar refractivity (Wildman–Crippen MR) is 39.2 cm³/mol. The number of rotatable bonds is 1. The first-order valence-electron chi connectivity index (χ1n) is 2.57. The molecule has 4 heteroatoms. The SMILES string of the molecule is CN[n+]1ccccc1.Cl.[Cl-]. The molecule has 0 fully saturated rings. The van der Waals surface area contributed by atoms with Gasteiger partial charge in [0.2, 0.25) is 0 Å². The molecule has 1 aromatic rings. The Hall–Kier alpha value is -0.470. The van der Waals surface area contributed by atoms with Crippen molar-refractivity contribution in [3.63, 3.8) is 0 Å². The molecule has 1 aromatic heterocycles. The van der Waals surface area contributed by atoms with Gasteiger partial charge in [0.1, 0.15) is 0 Å². The first-order chi connectivity index (χ1) is 3.93. The number of hydrogen-bond donors (Lipinski definition) is 1. The summed E-state index contributed by atoms with van der Waals surface area (Å²) in [6.45, 7) is 0. The minimum atomic E-state index is 0. The van der Waals surface area contributed by atoms with Crippen molar-refractivity contribution < 1.29 is 17.1 Å². The van der Waals surface area contributed by atoms with Crippen LogP contribution in [0.4, 0.5) is 0 Å². The van der Waals surface area contributed by atoms with Gasteiger partial charge in [-0.2, -0.15) is 5.43 Å². The molecule has 0 spiro atoms. The average Bonchev–Trinajstić information content (AvgIpc) is 1.90.